The molecule has 0 fully saturated rings. The monoisotopic (exact) mass is 346 g/mol. The number of benzene rings is 2. The summed E-state index contributed by atoms with van der Waals surface area (Å²) < 4.78 is 2.19. The molecule has 4 rings (SSSR count). The van der Waals surface area contributed by atoms with Crippen molar-refractivity contribution in [1.29, 1.82) is 0 Å². The summed E-state index contributed by atoms with van der Waals surface area (Å²) in [5.41, 5.74) is 7.10. The molecule has 134 valence electrons. The maximum Gasteiger partial charge on any atom is 0.271 e. The van der Waals surface area contributed by atoms with E-state index < -0.39 is 0 Å². The second-order valence-corrected chi connectivity index (χ2v) is 7.17. The van der Waals surface area contributed by atoms with Gasteiger partial charge in [-0.25, -0.2) is 0 Å². The summed E-state index contributed by atoms with van der Waals surface area (Å²) in [4.78, 5) is 15.4. The molecule has 0 aliphatic carbocycles. The number of hydrogen-bond donors (Lipinski definition) is 0. The van der Waals surface area contributed by atoms with Crippen LogP contribution in [0.3, 0.4) is 0 Å². The third-order valence-electron chi connectivity index (χ3n) is 5.73. The van der Waals surface area contributed by atoms with Crippen molar-refractivity contribution in [2.45, 2.75) is 46.7 Å². The molecule has 0 unspecified atom stereocenters. The van der Waals surface area contributed by atoms with Crippen molar-refractivity contribution in [1.82, 2.24) is 9.47 Å². The summed E-state index contributed by atoms with van der Waals surface area (Å²) in [6, 6.07) is 15.1. The maximum absolute atomic E-state index is 13.4. The van der Waals surface area contributed by atoms with Crippen molar-refractivity contribution in [3.05, 3.63) is 70.4 Å². The second kappa shape index (κ2) is 6.64. The van der Waals surface area contributed by atoms with Gasteiger partial charge in [-0.05, 0) is 61.1 Å². The first-order valence-electron chi connectivity index (χ1n) is 9.61. The summed E-state index contributed by atoms with van der Waals surface area (Å²) in [6.45, 7) is 8.69. The molecule has 1 aliphatic rings. The van der Waals surface area contributed by atoms with Crippen LogP contribution in [0.15, 0.2) is 42.5 Å². The summed E-state index contributed by atoms with van der Waals surface area (Å²) >= 11 is 0. The Morgan fingerprint density at radius 1 is 1.08 bits per heavy atom. The summed E-state index contributed by atoms with van der Waals surface area (Å²) in [5, 5.41) is 1.21. The molecular weight excluding hydrogens is 320 g/mol. The Morgan fingerprint density at radius 3 is 2.58 bits per heavy atom. The smallest absolute Gasteiger partial charge is 0.271 e. The largest absolute Gasteiger partial charge is 0.337 e. The molecule has 1 aliphatic heterocycles. The fourth-order valence-electron chi connectivity index (χ4n) is 4.21. The van der Waals surface area contributed by atoms with E-state index in [4.69, 9.17) is 0 Å². The van der Waals surface area contributed by atoms with Crippen LogP contribution >= 0.6 is 0 Å². The summed E-state index contributed by atoms with van der Waals surface area (Å²) in [6.07, 6.45) is 1.95. The van der Waals surface area contributed by atoms with Crippen LogP contribution in [0, 0.1) is 6.92 Å². The first-order chi connectivity index (χ1) is 12.6. The highest BCUT2D eigenvalue weighted by molar-refractivity contribution is 6.02. The number of amides is 1. The van der Waals surface area contributed by atoms with Gasteiger partial charge in [0.05, 0.1) is 0 Å². The van der Waals surface area contributed by atoms with Crippen LogP contribution in [0.4, 0.5) is 0 Å². The minimum absolute atomic E-state index is 0.160. The number of fused-ring (bicyclic) bond motifs is 2. The van der Waals surface area contributed by atoms with Gasteiger partial charge >= 0.3 is 0 Å². The first kappa shape index (κ1) is 16.9. The molecule has 0 saturated carbocycles. The Hall–Kier alpha value is -2.55. The van der Waals surface area contributed by atoms with Crippen LogP contribution in [-0.2, 0) is 25.9 Å². The van der Waals surface area contributed by atoms with E-state index in [9.17, 15) is 4.79 Å². The highest BCUT2D eigenvalue weighted by atomic mass is 16.2. The van der Waals surface area contributed by atoms with Gasteiger partial charge in [0.2, 0.25) is 0 Å². The molecule has 3 aromatic rings. The van der Waals surface area contributed by atoms with E-state index in [1.165, 1.54) is 27.6 Å². The number of hydrogen-bond acceptors (Lipinski definition) is 1. The average molecular weight is 346 g/mol. The van der Waals surface area contributed by atoms with Gasteiger partial charge in [-0.15, -0.1) is 0 Å². The predicted molar refractivity (Wildman–Crippen MR) is 107 cm³/mol. The number of nitrogens with zero attached hydrogens (tertiary/aromatic N) is 2. The van der Waals surface area contributed by atoms with Crippen molar-refractivity contribution in [3.8, 4) is 0 Å². The molecule has 2 aromatic carbocycles. The number of aryl methyl sites for hydroxylation is 3. The second-order valence-electron chi connectivity index (χ2n) is 7.17. The van der Waals surface area contributed by atoms with Gasteiger partial charge in [0.1, 0.15) is 5.69 Å². The molecule has 0 saturated heterocycles. The third-order valence-corrected chi connectivity index (χ3v) is 5.73. The molecule has 3 heteroatoms. The molecule has 0 radical (unpaired) electrons. The van der Waals surface area contributed by atoms with Gasteiger partial charge in [-0.3, -0.25) is 4.79 Å². The zero-order chi connectivity index (χ0) is 18.3. The minimum Gasteiger partial charge on any atom is -0.337 e. The Morgan fingerprint density at radius 2 is 1.85 bits per heavy atom. The third kappa shape index (κ3) is 2.63. The lowest BCUT2D eigenvalue weighted by atomic mass is 9.99. The standard InChI is InChI=1S/C23H26N2O/c1-4-17-10-11-21-20(14-17)16(3)22(25(21)5-2)23(26)24-13-12-18-8-6-7-9-19(18)15-24/h6-11,14H,4-5,12-13,15H2,1-3H3. The molecule has 3 nitrogen and oxygen atoms in total. The lowest BCUT2D eigenvalue weighted by Crippen LogP contribution is -2.37. The van der Waals surface area contributed by atoms with E-state index >= 15 is 0 Å². The molecule has 2 heterocycles. The van der Waals surface area contributed by atoms with Crippen molar-refractivity contribution in [2.24, 2.45) is 0 Å². The highest BCUT2D eigenvalue weighted by Gasteiger charge is 2.27. The lowest BCUT2D eigenvalue weighted by Gasteiger charge is -2.29. The van der Waals surface area contributed by atoms with Crippen LogP contribution in [0.25, 0.3) is 10.9 Å². The van der Waals surface area contributed by atoms with Crippen LogP contribution in [0.2, 0.25) is 0 Å². The van der Waals surface area contributed by atoms with Gasteiger partial charge in [-0.1, -0.05) is 37.3 Å². The number of rotatable bonds is 3. The SMILES string of the molecule is CCc1ccc2c(c1)c(C)c(C(=O)N1CCc3ccccc3C1)n2CC. The maximum atomic E-state index is 13.4. The molecule has 1 amide bonds. The lowest BCUT2D eigenvalue weighted by molar-refractivity contribution is 0.0723. The predicted octanol–water partition coefficient (Wildman–Crippen LogP) is 4.73. The zero-order valence-electron chi connectivity index (χ0n) is 15.9. The van der Waals surface area contributed by atoms with E-state index in [1.807, 2.05) is 4.90 Å². The number of carbonyl (C=O) groups excluding carboxylic acids is 1. The van der Waals surface area contributed by atoms with E-state index in [0.29, 0.717) is 6.54 Å². The average Bonchev–Trinajstić information content (AvgIpc) is 2.98. The van der Waals surface area contributed by atoms with E-state index in [0.717, 1.165) is 37.2 Å². The minimum atomic E-state index is 0.160. The molecule has 0 spiro atoms. The van der Waals surface area contributed by atoms with Gasteiger partial charge in [-0.2, -0.15) is 0 Å². The number of carbonyl (C=O) groups is 1. The quantitative estimate of drug-likeness (QED) is 0.673. The Kier molecular flexibility index (Phi) is 4.31. The Labute approximate surface area is 155 Å². The topological polar surface area (TPSA) is 25.2 Å². The molecule has 26 heavy (non-hydrogen) atoms. The molecule has 0 bridgehead atoms. The Balaban J connectivity index is 1.76. The van der Waals surface area contributed by atoms with Crippen molar-refractivity contribution < 1.29 is 4.79 Å². The summed E-state index contributed by atoms with van der Waals surface area (Å²) in [7, 11) is 0. The van der Waals surface area contributed by atoms with Crippen molar-refractivity contribution in [2.75, 3.05) is 6.54 Å². The van der Waals surface area contributed by atoms with Gasteiger partial charge in [0.25, 0.3) is 5.91 Å². The van der Waals surface area contributed by atoms with Crippen LogP contribution in [0.5, 0.6) is 0 Å². The first-order valence-corrected chi connectivity index (χ1v) is 9.61. The highest BCUT2D eigenvalue weighted by Crippen LogP contribution is 2.29. The zero-order valence-corrected chi connectivity index (χ0v) is 15.9. The van der Waals surface area contributed by atoms with Crippen LogP contribution in [-0.4, -0.2) is 21.9 Å². The molecule has 0 N–H and O–H groups in total. The normalized spacial score (nSPS) is 13.9. The van der Waals surface area contributed by atoms with Gasteiger partial charge in [0.15, 0.2) is 0 Å². The molecular formula is C23H26N2O. The van der Waals surface area contributed by atoms with E-state index in [2.05, 4.69) is 67.8 Å². The molecule has 1 aromatic heterocycles. The molecule has 0 atom stereocenters. The van der Waals surface area contributed by atoms with Crippen LogP contribution in [0.1, 0.15) is 46.6 Å². The number of aromatic nitrogens is 1. The fraction of sp³-hybridized carbons (Fsp3) is 0.348. The van der Waals surface area contributed by atoms with E-state index in [1.54, 1.807) is 0 Å². The summed E-state index contributed by atoms with van der Waals surface area (Å²) in [5.74, 6) is 0.160. The van der Waals surface area contributed by atoms with Gasteiger partial charge < -0.3 is 9.47 Å². The van der Waals surface area contributed by atoms with Crippen LogP contribution < -0.4 is 0 Å². The van der Waals surface area contributed by atoms with Crippen molar-refractivity contribution >= 4 is 16.8 Å². The fourth-order valence-corrected chi connectivity index (χ4v) is 4.21. The van der Waals surface area contributed by atoms with Crippen molar-refractivity contribution in [3.63, 3.8) is 0 Å². The van der Waals surface area contributed by atoms with Gasteiger partial charge in [0, 0.05) is 30.5 Å². The Bertz CT molecular complexity index is 983. The van der Waals surface area contributed by atoms with E-state index in [-0.39, 0.29) is 5.91 Å².